The third-order valence-electron chi connectivity index (χ3n) is 3.67. The molecule has 0 unspecified atom stereocenters. The minimum atomic E-state index is -0.718. The van der Waals surface area contributed by atoms with Gasteiger partial charge in [0.2, 0.25) is 0 Å². The highest BCUT2D eigenvalue weighted by Crippen LogP contribution is 2.28. The molecule has 0 aliphatic carbocycles. The Labute approximate surface area is 165 Å². The molecule has 0 aliphatic heterocycles. The van der Waals surface area contributed by atoms with Crippen molar-refractivity contribution in [1.82, 2.24) is 5.43 Å². The van der Waals surface area contributed by atoms with E-state index in [9.17, 15) is 4.79 Å². The molecule has 2 aromatic carbocycles. The summed E-state index contributed by atoms with van der Waals surface area (Å²) in [6, 6.07) is 10.9. The van der Waals surface area contributed by atoms with Crippen molar-refractivity contribution >= 4 is 12.2 Å². The highest BCUT2D eigenvalue weighted by Gasteiger charge is 2.06. The first-order valence-electron chi connectivity index (χ1n) is 9.17. The number of hydrogen-bond donors (Lipinski definition) is 2. The molecule has 0 radical (unpaired) electrons. The van der Waals surface area contributed by atoms with Crippen molar-refractivity contribution in [2.24, 2.45) is 10.8 Å². The number of nitrogens with two attached hydrogens (primary N) is 1. The minimum Gasteiger partial charge on any atom is -0.493 e. The van der Waals surface area contributed by atoms with Crippen LogP contribution in [0.25, 0.3) is 0 Å². The van der Waals surface area contributed by atoms with Gasteiger partial charge in [0.1, 0.15) is 5.75 Å². The molecule has 2 amide bonds. The van der Waals surface area contributed by atoms with E-state index >= 15 is 0 Å². The number of benzene rings is 2. The quantitative estimate of drug-likeness (QED) is 0.371. The molecule has 0 heterocycles. The summed E-state index contributed by atoms with van der Waals surface area (Å²) in [5, 5.41) is 3.74. The maximum Gasteiger partial charge on any atom is 0.332 e. The first-order chi connectivity index (χ1) is 13.5. The molecule has 0 aromatic heterocycles. The van der Waals surface area contributed by atoms with Crippen LogP contribution in [0.15, 0.2) is 41.5 Å². The van der Waals surface area contributed by atoms with E-state index in [1.54, 1.807) is 12.1 Å². The van der Waals surface area contributed by atoms with E-state index in [1.165, 1.54) is 17.3 Å². The molecule has 0 bridgehead atoms. The number of amides is 2. The third kappa shape index (κ3) is 7.19. The Kier molecular flexibility index (Phi) is 8.14. The van der Waals surface area contributed by atoms with E-state index in [0.717, 1.165) is 17.7 Å². The number of rotatable bonds is 10. The predicted octanol–water partition coefficient (Wildman–Crippen LogP) is 3.55. The second-order valence-electron chi connectivity index (χ2n) is 6.25. The van der Waals surface area contributed by atoms with Gasteiger partial charge in [-0.05, 0) is 67.8 Å². The van der Waals surface area contributed by atoms with E-state index in [2.05, 4.69) is 30.4 Å². The summed E-state index contributed by atoms with van der Waals surface area (Å²) in [6.45, 7) is 7.58. The molecule has 28 heavy (non-hydrogen) atoms. The highest BCUT2D eigenvalue weighted by atomic mass is 16.5. The second kappa shape index (κ2) is 10.8. The summed E-state index contributed by atoms with van der Waals surface area (Å²) in [7, 11) is 0. The predicted molar refractivity (Wildman–Crippen MR) is 109 cm³/mol. The standard InChI is InChI=1S/C21H27N3O4/c1-4-26-20-13-17(14-23-24-21(22)25)6-7-19(20)28-9-5-8-27-18-11-15(2)10-16(3)12-18/h6-7,10-14H,4-5,8-9H2,1-3H3,(H3,22,24,25)/b23-14+. The highest BCUT2D eigenvalue weighted by molar-refractivity contribution is 5.82. The van der Waals surface area contributed by atoms with Crippen molar-refractivity contribution in [2.45, 2.75) is 27.2 Å². The maximum absolute atomic E-state index is 10.7. The molecule has 0 saturated heterocycles. The van der Waals surface area contributed by atoms with E-state index in [1.807, 2.05) is 25.1 Å². The summed E-state index contributed by atoms with van der Waals surface area (Å²) in [5.41, 5.74) is 10.2. The summed E-state index contributed by atoms with van der Waals surface area (Å²) in [6.07, 6.45) is 2.22. The van der Waals surface area contributed by atoms with E-state index in [0.29, 0.717) is 31.3 Å². The largest absolute Gasteiger partial charge is 0.493 e. The lowest BCUT2D eigenvalue weighted by Gasteiger charge is -2.13. The van der Waals surface area contributed by atoms with Gasteiger partial charge in [-0.1, -0.05) is 6.07 Å². The lowest BCUT2D eigenvalue weighted by molar-refractivity contribution is 0.236. The van der Waals surface area contributed by atoms with E-state index in [-0.39, 0.29) is 0 Å². The number of carbonyl (C=O) groups is 1. The zero-order valence-electron chi connectivity index (χ0n) is 16.5. The number of hydrazone groups is 1. The number of primary amides is 1. The Morgan fingerprint density at radius 3 is 2.43 bits per heavy atom. The molecule has 0 atom stereocenters. The molecule has 150 valence electrons. The van der Waals surface area contributed by atoms with Crippen LogP contribution in [0.4, 0.5) is 4.79 Å². The van der Waals surface area contributed by atoms with Crippen molar-refractivity contribution in [3.63, 3.8) is 0 Å². The van der Waals surface area contributed by atoms with Gasteiger partial charge in [0, 0.05) is 6.42 Å². The number of carbonyl (C=O) groups excluding carboxylic acids is 1. The van der Waals surface area contributed by atoms with Crippen LogP contribution >= 0.6 is 0 Å². The first kappa shape index (κ1) is 21.1. The summed E-state index contributed by atoms with van der Waals surface area (Å²) >= 11 is 0. The zero-order chi connectivity index (χ0) is 20.4. The molecule has 7 heteroatoms. The molecule has 2 rings (SSSR count). The molecule has 2 aromatic rings. The number of ether oxygens (including phenoxy) is 3. The fourth-order valence-corrected chi connectivity index (χ4v) is 2.61. The van der Waals surface area contributed by atoms with Gasteiger partial charge in [0.05, 0.1) is 26.0 Å². The van der Waals surface area contributed by atoms with Crippen LogP contribution in [0.1, 0.15) is 30.0 Å². The van der Waals surface area contributed by atoms with Gasteiger partial charge < -0.3 is 19.9 Å². The van der Waals surface area contributed by atoms with Crippen molar-refractivity contribution in [1.29, 1.82) is 0 Å². The molecular weight excluding hydrogens is 358 g/mol. The molecule has 0 fully saturated rings. The van der Waals surface area contributed by atoms with Gasteiger partial charge in [-0.2, -0.15) is 5.10 Å². The lowest BCUT2D eigenvalue weighted by Crippen LogP contribution is -2.24. The van der Waals surface area contributed by atoms with Crippen LogP contribution in [0, 0.1) is 13.8 Å². The average molecular weight is 385 g/mol. The van der Waals surface area contributed by atoms with Crippen LogP contribution in [-0.2, 0) is 0 Å². The Morgan fingerprint density at radius 1 is 1.04 bits per heavy atom. The summed E-state index contributed by atoms with van der Waals surface area (Å²) in [5.74, 6) is 2.13. The Morgan fingerprint density at radius 2 is 1.75 bits per heavy atom. The van der Waals surface area contributed by atoms with Gasteiger partial charge in [-0.15, -0.1) is 0 Å². The average Bonchev–Trinajstić information content (AvgIpc) is 2.62. The van der Waals surface area contributed by atoms with Crippen LogP contribution in [0.2, 0.25) is 0 Å². The lowest BCUT2D eigenvalue weighted by atomic mass is 10.1. The third-order valence-corrected chi connectivity index (χ3v) is 3.67. The molecule has 0 spiro atoms. The first-order valence-corrected chi connectivity index (χ1v) is 9.17. The maximum atomic E-state index is 10.7. The minimum absolute atomic E-state index is 0.502. The Hall–Kier alpha value is -3.22. The van der Waals surface area contributed by atoms with Gasteiger partial charge >= 0.3 is 6.03 Å². The monoisotopic (exact) mass is 385 g/mol. The van der Waals surface area contributed by atoms with Gasteiger partial charge in [0.25, 0.3) is 0 Å². The van der Waals surface area contributed by atoms with Crippen molar-refractivity contribution in [3.05, 3.63) is 53.1 Å². The summed E-state index contributed by atoms with van der Waals surface area (Å²) < 4.78 is 17.3. The van der Waals surface area contributed by atoms with Gasteiger partial charge in [-0.25, -0.2) is 10.2 Å². The van der Waals surface area contributed by atoms with E-state index < -0.39 is 6.03 Å². The number of urea groups is 1. The van der Waals surface area contributed by atoms with Crippen molar-refractivity contribution in [2.75, 3.05) is 19.8 Å². The Balaban J connectivity index is 1.86. The van der Waals surface area contributed by atoms with Crippen molar-refractivity contribution in [3.8, 4) is 17.2 Å². The second-order valence-corrected chi connectivity index (χ2v) is 6.25. The van der Waals surface area contributed by atoms with Crippen LogP contribution in [0.3, 0.4) is 0 Å². The molecule has 3 N–H and O–H groups in total. The number of hydrogen-bond acceptors (Lipinski definition) is 5. The van der Waals surface area contributed by atoms with Crippen LogP contribution in [-0.4, -0.2) is 32.1 Å². The van der Waals surface area contributed by atoms with Crippen LogP contribution < -0.4 is 25.4 Å². The smallest absolute Gasteiger partial charge is 0.332 e. The molecular formula is C21H27N3O4. The topological polar surface area (TPSA) is 95.2 Å². The molecule has 0 saturated carbocycles. The van der Waals surface area contributed by atoms with Gasteiger partial charge in [-0.3, -0.25) is 0 Å². The number of aryl methyl sites for hydroxylation is 2. The van der Waals surface area contributed by atoms with Crippen LogP contribution in [0.5, 0.6) is 17.2 Å². The van der Waals surface area contributed by atoms with Crippen molar-refractivity contribution < 1.29 is 19.0 Å². The molecule has 7 nitrogen and oxygen atoms in total. The molecule has 0 aliphatic rings. The van der Waals surface area contributed by atoms with Gasteiger partial charge in [0.15, 0.2) is 11.5 Å². The number of nitrogens with one attached hydrogen (secondary N) is 1. The Bertz CT molecular complexity index is 801. The number of nitrogens with zero attached hydrogens (tertiary/aromatic N) is 1. The fourth-order valence-electron chi connectivity index (χ4n) is 2.61. The van der Waals surface area contributed by atoms with E-state index in [4.69, 9.17) is 19.9 Å². The fraction of sp³-hybridized carbons (Fsp3) is 0.333. The zero-order valence-corrected chi connectivity index (χ0v) is 16.5. The normalized spacial score (nSPS) is 10.7. The SMILES string of the molecule is CCOc1cc(/C=N/NC(N)=O)ccc1OCCCOc1cc(C)cc(C)c1. The summed E-state index contributed by atoms with van der Waals surface area (Å²) in [4.78, 5) is 10.7.